The maximum absolute atomic E-state index is 12.0. The molecule has 0 amide bonds. The number of rotatable bonds is 9. The Morgan fingerprint density at radius 2 is 2.12 bits per heavy atom. The van der Waals surface area contributed by atoms with Crippen LogP contribution in [0.1, 0.15) is 17.3 Å². The van der Waals surface area contributed by atoms with Crippen molar-refractivity contribution in [3.63, 3.8) is 0 Å². The van der Waals surface area contributed by atoms with Crippen molar-refractivity contribution < 1.29 is 24.9 Å². The van der Waals surface area contributed by atoms with Gasteiger partial charge >= 0.3 is 11.9 Å². The zero-order valence-electron chi connectivity index (χ0n) is 13.4. The van der Waals surface area contributed by atoms with Gasteiger partial charge in [0.2, 0.25) is 0 Å². The topological polar surface area (TPSA) is 157 Å². The molecule has 134 valence electrons. The van der Waals surface area contributed by atoms with Gasteiger partial charge in [-0.1, -0.05) is 12.1 Å². The number of nitrogens with two attached hydrogens (primary N) is 1. The van der Waals surface area contributed by atoms with E-state index in [4.69, 9.17) is 15.9 Å². The second-order valence-electron chi connectivity index (χ2n) is 5.07. The minimum absolute atomic E-state index is 0. The van der Waals surface area contributed by atoms with Crippen LogP contribution in [0.3, 0.4) is 0 Å². The molecule has 24 heavy (non-hydrogen) atoms. The van der Waals surface area contributed by atoms with Crippen LogP contribution in [-0.2, 0) is 9.53 Å². The fraction of sp³-hybridized carbons (Fsp3) is 0.400. The number of esters is 2. The molecule has 0 heterocycles. The van der Waals surface area contributed by atoms with Gasteiger partial charge < -0.3 is 31.8 Å². The monoisotopic (exact) mass is 357 g/mol. The normalized spacial score (nSPS) is 12.6. The molecule has 8 nitrogen and oxygen atoms in total. The fourth-order valence-corrected chi connectivity index (χ4v) is 2.54. The lowest BCUT2D eigenvalue weighted by Crippen LogP contribution is -2.49. The molecule has 1 atom stereocenters. The van der Waals surface area contributed by atoms with Gasteiger partial charge in [-0.15, -0.1) is 0 Å². The average molecular weight is 357 g/mol. The standard InChI is InChI=1S/C15H21N3O4S.H2O/c1-15(17,10-23-9-8-18-7-6-16)14(21)22-13(20)11-4-2-3-5-12(11)19;/h2-6,16,18-19H,7-10,17H2,1H3;1H2/t15-;/m0./s1. The number of para-hydroxylation sites is 1. The predicted octanol–water partition coefficient (Wildman–Crippen LogP) is -0.0593. The van der Waals surface area contributed by atoms with E-state index in [0.717, 1.165) is 0 Å². The number of benzene rings is 1. The number of hydrogen-bond donors (Lipinski definition) is 4. The third-order valence-corrected chi connectivity index (χ3v) is 4.14. The number of phenols is 1. The molecule has 1 aromatic rings. The van der Waals surface area contributed by atoms with E-state index < -0.39 is 17.5 Å². The number of aromatic hydroxyl groups is 1. The molecule has 0 spiro atoms. The van der Waals surface area contributed by atoms with Crippen LogP contribution < -0.4 is 11.1 Å². The predicted molar refractivity (Wildman–Crippen MR) is 93.7 cm³/mol. The molecule has 0 aliphatic heterocycles. The van der Waals surface area contributed by atoms with Gasteiger partial charge in [0.05, 0.1) is 0 Å². The molecule has 0 unspecified atom stereocenters. The van der Waals surface area contributed by atoms with Crippen molar-refractivity contribution in [2.75, 3.05) is 24.6 Å². The van der Waals surface area contributed by atoms with Crippen molar-refractivity contribution in [3.8, 4) is 5.75 Å². The molecule has 0 aliphatic carbocycles. The van der Waals surface area contributed by atoms with Crippen LogP contribution in [0.15, 0.2) is 24.3 Å². The average Bonchev–Trinajstić information content (AvgIpc) is 2.51. The number of thioether (sulfide) groups is 1. The summed E-state index contributed by atoms with van der Waals surface area (Å²) < 4.78 is 4.76. The summed E-state index contributed by atoms with van der Waals surface area (Å²) in [7, 11) is 0. The first-order chi connectivity index (χ1) is 10.9. The molecule has 1 aromatic carbocycles. The van der Waals surface area contributed by atoms with Crippen molar-refractivity contribution in [2.24, 2.45) is 5.73 Å². The molecule has 0 aliphatic rings. The van der Waals surface area contributed by atoms with Gasteiger partial charge in [-0.3, -0.25) is 0 Å². The lowest BCUT2D eigenvalue weighted by atomic mass is 10.1. The number of carbonyl (C=O) groups is 2. The zero-order chi connectivity index (χ0) is 17.3. The minimum atomic E-state index is -1.31. The van der Waals surface area contributed by atoms with Gasteiger partial charge in [-0.25, -0.2) is 9.59 Å². The number of carbonyl (C=O) groups excluding carboxylic acids is 2. The van der Waals surface area contributed by atoms with Crippen LogP contribution in [-0.4, -0.2) is 58.9 Å². The maximum Gasteiger partial charge on any atom is 0.349 e. The quantitative estimate of drug-likeness (QED) is 0.209. The summed E-state index contributed by atoms with van der Waals surface area (Å²) >= 11 is 1.44. The van der Waals surface area contributed by atoms with Gasteiger partial charge in [0.15, 0.2) is 0 Å². The van der Waals surface area contributed by atoms with Crippen molar-refractivity contribution in [1.29, 1.82) is 5.41 Å². The van der Waals surface area contributed by atoms with Crippen molar-refractivity contribution in [1.82, 2.24) is 5.32 Å². The largest absolute Gasteiger partial charge is 0.507 e. The zero-order valence-corrected chi connectivity index (χ0v) is 14.2. The van der Waals surface area contributed by atoms with Crippen molar-refractivity contribution >= 4 is 29.9 Å². The molecule has 0 saturated heterocycles. The lowest BCUT2D eigenvalue weighted by Gasteiger charge is -2.21. The molecule has 7 N–H and O–H groups in total. The Kier molecular flexibility index (Phi) is 9.89. The second-order valence-corrected chi connectivity index (χ2v) is 6.18. The highest BCUT2D eigenvalue weighted by Gasteiger charge is 2.32. The van der Waals surface area contributed by atoms with E-state index in [1.165, 1.54) is 37.0 Å². The van der Waals surface area contributed by atoms with E-state index in [2.05, 4.69) is 5.32 Å². The summed E-state index contributed by atoms with van der Waals surface area (Å²) in [5.41, 5.74) is 4.50. The molecule has 1 rings (SSSR count). The summed E-state index contributed by atoms with van der Waals surface area (Å²) in [5, 5.41) is 19.4. The molecule has 0 aromatic heterocycles. The Bertz CT molecular complexity index is 566. The lowest BCUT2D eigenvalue weighted by molar-refractivity contribution is -0.142. The third-order valence-electron chi connectivity index (χ3n) is 2.85. The maximum atomic E-state index is 12.0. The van der Waals surface area contributed by atoms with Crippen LogP contribution in [0.25, 0.3) is 0 Å². The number of phenolic OH excluding ortho intramolecular Hbond substituents is 1. The van der Waals surface area contributed by atoms with E-state index >= 15 is 0 Å². The highest BCUT2D eigenvalue weighted by molar-refractivity contribution is 7.99. The Hall–Kier alpha value is -1.94. The number of nitrogens with one attached hydrogen (secondary N) is 2. The van der Waals surface area contributed by atoms with Gasteiger partial charge in [0.25, 0.3) is 0 Å². The second kappa shape index (κ2) is 10.8. The Morgan fingerprint density at radius 1 is 1.46 bits per heavy atom. The van der Waals surface area contributed by atoms with Crippen molar-refractivity contribution in [3.05, 3.63) is 29.8 Å². The van der Waals surface area contributed by atoms with E-state index in [-0.39, 0.29) is 22.5 Å². The third kappa shape index (κ3) is 7.09. The summed E-state index contributed by atoms with van der Waals surface area (Å²) in [6, 6.07) is 5.81. The van der Waals surface area contributed by atoms with Crippen LogP contribution in [0.2, 0.25) is 0 Å². The SMILES string of the molecule is C[C@](N)(CSCCNCC=N)C(=O)OC(=O)c1ccccc1O.O. The molecule has 9 heteroatoms. The molecule has 0 bridgehead atoms. The molecule has 0 fully saturated rings. The Labute approximate surface area is 144 Å². The molecular formula is C15H23N3O5S. The fourth-order valence-electron chi connectivity index (χ4n) is 1.56. The first kappa shape index (κ1) is 22.1. The number of ether oxygens (including phenoxy) is 1. The van der Waals surface area contributed by atoms with E-state index in [9.17, 15) is 14.7 Å². The van der Waals surface area contributed by atoms with E-state index in [1.807, 2.05) is 0 Å². The highest BCUT2D eigenvalue weighted by Crippen LogP contribution is 2.18. The summed E-state index contributed by atoms with van der Waals surface area (Å²) in [6.45, 7) is 2.67. The van der Waals surface area contributed by atoms with Crippen molar-refractivity contribution in [2.45, 2.75) is 12.5 Å². The van der Waals surface area contributed by atoms with Gasteiger partial charge in [0, 0.05) is 30.8 Å². The first-order valence-electron chi connectivity index (χ1n) is 6.99. The van der Waals surface area contributed by atoms with Gasteiger partial charge in [0.1, 0.15) is 16.9 Å². The summed E-state index contributed by atoms with van der Waals surface area (Å²) in [4.78, 5) is 23.9. The van der Waals surface area contributed by atoms with E-state index in [1.54, 1.807) is 12.1 Å². The number of hydrogen-bond acceptors (Lipinski definition) is 8. The van der Waals surface area contributed by atoms with Crippen LogP contribution in [0.4, 0.5) is 0 Å². The van der Waals surface area contributed by atoms with Crippen LogP contribution >= 0.6 is 11.8 Å². The molecule has 0 radical (unpaired) electrons. The smallest absolute Gasteiger partial charge is 0.349 e. The minimum Gasteiger partial charge on any atom is -0.507 e. The van der Waals surface area contributed by atoms with Gasteiger partial charge in [-0.05, 0) is 19.1 Å². The van der Waals surface area contributed by atoms with Crippen LogP contribution in [0.5, 0.6) is 5.75 Å². The Balaban J connectivity index is 0.00000529. The van der Waals surface area contributed by atoms with Crippen LogP contribution in [0, 0.1) is 5.41 Å². The molecular weight excluding hydrogens is 334 g/mol. The summed E-state index contributed by atoms with van der Waals surface area (Å²) in [5.74, 6) is -1.03. The van der Waals surface area contributed by atoms with Gasteiger partial charge in [-0.2, -0.15) is 11.8 Å². The highest BCUT2D eigenvalue weighted by atomic mass is 32.2. The Morgan fingerprint density at radius 3 is 2.75 bits per heavy atom. The molecule has 0 saturated carbocycles. The summed E-state index contributed by atoms with van der Waals surface area (Å²) in [6.07, 6.45) is 1.26. The van der Waals surface area contributed by atoms with E-state index in [0.29, 0.717) is 18.8 Å². The first-order valence-corrected chi connectivity index (χ1v) is 8.15.